The van der Waals surface area contributed by atoms with Crippen LogP contribution in [0.5, 0.6) is 0 Å². The van der Waals surface area contributed by atoms with Gasteiger partial charge in [0.25, 0.3) is 0 Å². The van der Waals surface area contributed by atoms with Gasteiger partial charge in [-0.1, -0.05) is 23.7 Å². The summed E-state index contributed by atoms with van der Waals surface area (Å²) in [5.74, 6) is -0.0636. The monoisotopic (exact) mass is 354 g/mol. The molecule has 1 saturated heterocycles. The molecule has 25 heavy (non-hydrogen) atoms. The maximum absolute atomic E-state index is 12.2. The average Bonchev–Trinajstić information content (AvgIpc) is 2.62. The zero-order chi connectivity index (χ0) is 17.6. The zero-order valence-corrected chi connectivity index (χ0v) is 14.5. The first-order chi connectivity index (χ1) is 12.1. The minimum atomic E-state index is -0.0636. The van der Waals surface area contributed by atoms with Crippen LogP contribution < -0.4 is 10.2 Å². The van der Waals surface area contributed by atoms with Crippen molar-refractivity contribution >= 4 is 28.9 Å². The first kappa shape index (κ1) is 17.3. The van der Waals surface area contributed by atoms with Crippen molar-refractivity contribution in [3.8, 4) is 6.07 Å². The van der Waals surface area contributed by atoms with Crippen LogP contribution in [0.1, 0.15) is 5.56 Å². The van der Waals surface area contributed by atoms with Crippen LogP contribution in [0.25, 0.3) is 0 Å². The molecule has 1 fully saturated rings. The summed E-state index contributed by atoms with van der Waals surface area (Å²) in [7, 11) is 0. The Labute approximate surface area is 152 Å². The molecular formula is C19H19ClN4O. The lowest BCUT2D eigenvalue weighted by molar-refractivity contribution is -0.117. The van der Waals surface area contributed by atoms with Crippen molar-refractivity contribution in [2.24, 2.45) is 0 Å². The molecule has 0 unspecified atom stereocenters. The molecule has 1 aliphatic rings. The first-order valence-electron chi connectivity index (χ1n) is 8.17. The molecule has 2 aromatic carbocycles. The minimum absolute atomic E-state index is 0.0636. The quantitative estimate of drug-likeness (QED) is 0.917. The highest BCUT2D eigenvalue weighted by atomic mass is 35.5. The minimum Gasteiger partial charge on any atom is -0.369 e. The summed E-state index contributed by atoms with van der Waals surface area (Å²) in [5, 5.41) is 12.5. The Kier molecular flexibility index (Phi) is 5.54. The molecule has 0 aromatic heterocycles. The summed E-state index contributed by atoms with van der Waals surface area (Å²) in [4.78, 5) is 16.6. The fourth-order valence-corrected chi connectivity index (χ4v) is 3.09. The Balaban J connectivity index is 1.50. The van der Waals surface area contributed by atoms with Crippen LogP contribution in [0.15, 0.2) is 48.5 Å². The molecule has 0 atom stereocenters. The topological polar surface area (TPSA) is 59.4 Å². The Morgan fingerprint density at radius 3 is 2.60 bits per heavy atom. The third-order valence-electron chi connectivity index (χ3n) is 4.19. The van der Waals surface area contributed by atoms with Gasteiger partial charge in [-0.25, -0.2) is 0 Å². The molecule has 1 amide bonds. The van der Waals surface area contributed by atoms with E-state index in [4.69, 9.17) is 16.9 Å². The molecule has 0 bridgehead atoms. The number of nitriles is 1. The number of benzene rings is 2. The largest absolute Gasteiger partial charge is 0.369 e. The summed E-state index contributed by atoms with van der Waals surface area (Å²) in [6.07, 6.45) is 0. The predicted octanol–water partition coefficient (Wildman–Crippen LogP) is 2.97. The SMILES string of the molecule is N#Cc1cccc(NC(=O)CN2CCN(c3cccc(Cl)c3)CC2)c1. The van der Waals surface area contributed by atoms with Gasteiger partial charge in [-0.3, -0.25) is 9.69 Å². The molecule has 0 saturated carbocycles. The number of hydrogen-bond acceptors (Lipinski definition) is 4. The van der Waals surface area contributed by atoms with Crippen LogP contribution in [-0.2, 0) is 4.79 Å². The van der Waals surface area contributed by atoms with Gasteiger partial charge in [0.15, 0.2) is 0 Å². The number of nitrogens with zero attached hydrogens (tertiary/aromatic N) is 3. The number of carbonyl (C=O) groups excluding carboxylic acids is 1. The van der Waals surface area contributed by atoms with E-state index >= 15 is 0 Å². The number of amides is 1. The Hall–Kier alpha value is -2.55. The van der Waals surface area contributed by atoms with Crippen LogP contribution in [0.2, 0.25) is 5.02 Å². The molecule has 0 spiro atoms. The van der Waals surface area contributed by atoms with Gasteiger partial charge >= 0.3 is 0 Å². The second-order valence-corrected chi connectivity index (χ2v) is 6.42. The van der Waals surface area contributed by atoms with E-state index in [0.29, 0.717) is 17.8 Å². The third kappa shape index (κ3) is 4.72. The molecule has 0 radical (unpaired) electrons. The number of anilines is 2. The van der Waals surface area contributed by atoms with Crippen molar-refractivity contribution in [1.29, 1.82) is 5.26 Å². The number of halogens is 1. The molecule has 3 rings (SSSR count). The van der Waals surface area contributed by atoms with E-state index in [1.165, 1.54) is 0 Å². The van der Waals surface area contributed by atoms with Gasteiger partial charge in [0, 0.05) is 42.6 Å². The fraction of sp³-hybridized carbons (Fsp3) is 0.263. The van der Waals surface area contributed by atoms with E-state index in [1.807, 2.05) is 18.2 Å². The molecule has 2 aromatic rings. The Morgan fingerprint density at radius 2 is 1.88 bits per heavy atom. The lowest BCUT2D eigenvalue weighted by atomic mass is 10.2. The molecule has 0 aliphatic carbocycles. The molecule has 1 heterocycles. The highest BCUT2D eigenvalue weighted by molar-refractivity contribution is 6.30. The summed E-state index contributed by atoms with van der Waals surface area (Å²) >= 11 is 6.05. The van der Waals surface area contributed by atoms with Crippen molar-refractivity contribution in [3.05, 3.63) is 59.1 Å². The summed E-state index contributed by atoms with van der Waals surface area (Å²) < 4.78 is 0. The summed E-state index contributed by atoms with van der Waals surface area (Å²) in [6.45, 7) is 3.70. The standard InChI is InChI=1S/C19H19ClN4O/c20-16-4-2-6-18(12-16)24-9-7-23(8-10-24)14-19(25)22-17-5-1-3-15(11-17)13-21/h1-6,11-12H,7-10,14H2,(H,22,25). The first-order valence-corrected chi connectivity index (χ1v) is 8.55. The van der Waals surface area contributed by atoms with Crippen LogP contribution >= 0.6 is 11.6 Å². The van der Waals surface area contributed by atoms with Gasteiger partial charge in [-0.2, -0.15) is 5.26 Å². The number of rotatable bonds is 4. The van der Waals surface area contributed by atoms with Gasteiger partial charge in [0.05, 0.1) is 18.2 Å². The second kappa shape index (κ2) is 8.02. The van der Waals surface area contributed by atoms with Gasteiger partial charge in [-0.05, 0) is 36.4 Å². The maximum atomic E-state index is 12.2. The van der Waals surface area contributed by atoms with Crippen LogP contribution in [0.3, 0.4) is 0 Å². The smallest absolute Gasteiger partial charge is 0.238 e. The van der Waals surface area contributed by atoms with E-state index in [1.54, 1.807) is 24.3 Å². The van der Waals surface area contributed by atoms with Crippen LogP contribution in [-0.4, -0.2) is 43.5 Å². The Bertz CT molecular complexity index is 794. The highest BCUT2D eigenvalue weighted by Gasteiger charge is 2.19. The molecule has 6 heteroatoms. The molecule has 5 nitrogen and oxygen atoms in total. The average molecular weight is 355 g/mol. The van der Waals surface area contributed by atoms with Gasteiger partial charge < -0.3 is 10.2 Å². The van der Waals surface area contributed by atoms with E-state index in [2.05, 4.69) is 27.3 Å². The van der Waals surface area contributed by atoms with Crippen molar-refractivity contribution < 1.29 is 4.79 Å². The number of hydrogen-bond donors (Lipinski definition) is 1. The molecular weight excluding hydrogens is 336 g/mol. The number of piperazine rings is 1. The van der Waals surface area contributed by atoms with Crippen LogP contribution in [0, 0.1) is 11.3 Å². The lowest BCUT2D eigenvalue weighted by Gasteiger charge is -2.35. The molecule has 1 aliphatic heterocycles. The second-order valence-electron chi connectivity index (χ2n) is 5.98. The van der Waals surface area contributed by atoms with Gasteiger partial charge in [-0.15, -0.1) is 0 Å². The van der Waals surface area contributed by atoms with E-state index in [-0.39, 0.29) is 5.91 Å². The lowest BCUT2D eigenvalue weighted by Crippen LogP contribution is -2.48. The molecule has 128 valence electrons. The molecule has 1 N–H and O–H groups in total. The van der Waals surface area contributed by atoms with E-state index in [0.717, 1.165) is 36.9 Å². The van der Waals surface area contributed by atoms with E-state index in [9.17, 15) is 4.79 Å². The van der Waals surface area contributed by atoms with Crippen molar-refractivity contribution in [2.45, 2.75) is 0 Å². The fourth-order valence-electron chi connectivity index (χ4n) is 2.91. The summed E-state index contributed by atoms with van der Waals surface area (Å²) in [5.41, 5.74) is 2.31. The van der Waals surface area contributed by atoms with Gasteiger partial charge in [0.2, 0.25) is 5.91 Å². The number of carbonyl (C=O) groups is 1. The maximum Gasteiger partial charge on any atom is 0.238 e. The van der Waals surface area contributed by atoms with Gasteiger partial charge in [0.1, 0.15) is 0 Å². The van der Waals surface area contributed by atoms with E-state index < -0.39 is 0 Å². The van der Waals surface area contributed by atoms with Crippen molar-refractivity contribution in [1.82, 2.24) is 4.90 Å². The van der Waals surface area contributed by atoms with Crippen molar-refractivity contribution in [2.75, 3.05) is 42.9 Å². The Morgan fingerprint density at radius 1 is 1.12 bits per heavy atom. The third-order valence-corrected chi connectivity index (χ3v) is 4.42. The summed E-state index contributed by atoms with van der Waals surface area (Å²) in [6, 6.07) is 16.8. The normalized spacial score (nSPS) is 14.8. The zero-order valence-electron chi connectivity index (χ0n) is 13.8. The number of nitrogens with one attached hydrogen (secondary N) is 1. The van der Waals surface area contributed by atoms with Crippen LogP contribution in [0.4, 0.5) is 11.4 Å². The van der Waals surface area contributed by atoms with Crippen molar-refractivity contribution in [3.63, 3.8) is 0 Å². The highest BCUT2D eigenvalue weighted by Crippen LogP contribution is 2.20. The predicted molar refractivity (Wildman–Crippen MR) is 99.9 cm³/mol.